The third-order valence-electron chi connectivity index (χ3n) is 8.37. The molecular weight excluding hydrogens is 653 g/mol. The minimum atomic E-state index is -4.28. The summed E-state index contributed by atoms with van der Waals surface area (Å²) >= 11 is 0. The normalized spacial score (nSPS) is 20.8. The highest BCUT2D eigenvalue weighted by molar-refractivity contribution is 7.86. The third-order valence-corrected chi connectivity index (χ3v) is 9.66. The van der Waals surface area contributed by atoms with Crippen LogP contribution < -0.4 is 0 Å². The summed E-state index contributed by atoms with van der Waals surface area (Å²) in [4.78, 5) is 0.00888. The molecule has 0 bridgehead atoms. The Morgan fingerprint density at radius 3 is 1.42 bits per heavy atom. The van der Waals surface area contributed by atoms with Crippen molar-refractivity contribution in [2.75, 3.05) is 6.61 Å². The largest absolute Gasteiger partial charge is 0.374 e. The van der Waals surface area contributed by atoms with Gasteiger partial charge >= 0.3 is 0 Å². The zero-order chi connectivity index (χ0) is 34.6. The molecule has 0 spiro atoms. The quantitative estimate of drug-likeness (QED) is 0.0988. The Morgan fingerprint density at radius 1 is 0.520 bits per heavy atom. The Bertz CT molecular complexity index is 1820. The van der Waals surface area contributed by atoms with E-state index in [2.05, 4.69) is 0 Å². The van der Waals surface area contributed by atoms with E-state index >= 15 is 0 Å². The molecule has 1 unspecified atom stereocenters. The second kappa shape index (κ2) is 17.6. The lowest BCUT2D eigenvalue weighted by Crippen LogP contribution is -2.62. The van der Waals surface area contributed by atoms with Crippen LogP contribution in [-0.2, 0) is 64.4 Å². The number of hydrogen-bond acceptors (Lipinski definition) is 8. The van der Waals surface area contributed by atoms with Gasteiger partial charge in [0.05, 0.1) is 37.9 Å². The molecule has 1 saturated heterocycles. The molecular formula is C41H42O8S. The van der Waals surface area contributed by atoms with Crippen LogP contribution >= 0.6 is 0 Å². The van der Waals surface area contributed by atoms with Gasteiger partial charge in [0.2, 0.25) is 6.29 Å². The van der Waals surface area contributed by atoms with Crippen molar-refractivity contribution in [3.05, 3.63) is 173 Å². The zero-order valence-corrected chi connectivity index (χ0v) is 28.8. The zero-order valence-electron chi connectivity index (χ0n) is 28.0. The molecule has 6 rings (SSSR count). The highest BCUT2D eigenvalue weighted by Crippen LogP contribution is 2.33. The molecule has 1 heterocycles. The van der Waals surface area contributed by atoms with Crippen molar-refractivity contribution < 1.29 is 36.3 Å². The second-order valence-electron chi connectivity index (χ2n) is 12.2. The van der Waals surface area contributed by atoms with Crippen LogP contribution in [0, 0.1) is 6.92 Å². The molecule has 5 atom stereocenters. The molecule has 1 aliphatic heterocycles. The average molecular weight is 695 g/mol. The van der Waals surface area contributed by atoms with Crippen LogP contribution in [-0.4, -0.2) is 45.7 Å². The van der Waals surface area contributed by atoms with Crippen molar-refractivity contribution >= 4 is 10.1 Å². The SMILES string of the molecule is Cc1ccc(S(=O)(=O)OC2O[C@H](COCc3ccccc3)[C@@H](OCc3ccccc3)[C@H](OCc3ccccc3)[C@H]2OCc2ccccc2)cc1. The van der Waals surface area contributed by atoms with Crippen LogP contribution in [0.15, 0.2) is 150 Å². The topological polar surface area (TPSA) is 89.5 Å². The smallest absolute Gasteiger partial charge is 0.299 e. The summed E-state index contributed by atoms with van der Waals surface area (Å²) in [6, 6.07) is 45.5. The van der Waals surface area contributed by atoms with Gasteiger partial charge in [-0.25, -0.2) is 4.18 Å². The summed E-state index contributed by atoms with van der Waals surface area (Å²) in [5, 5.41) is 0. The van der Waals surface area contributed by atoms with Gasteiger partial charge in [0, 0.05) is 0 Å². The lowest BCUT2D eigenvalue weighted by atomic mass is 9.98. The van der Waals surface area contributed by atoms with E-state index < -0.39 is 40.8 Å². The van der Waals surface area contributed by atoms with Gasteiger partial charge < -0.3 is 23.7 Å². The van der Waals surface area contributed by atoms with E-state index in [1.54, 1.807) is 12.1 Å². The first-order valence-electron chi connectivity index (χ1n) is 16.7. The van der Waals surface area contributed by atoms with Gasteiger partial charge in [-0.1, -0.05) is 139 Å². The van der Waals surface area contributed by atoms with Crippen molar-refractivity contribution in [3.8, 4) is 0 Å². The summed E-state index contributed by atoms with van der Waals surface area (Å²) in [6.45, 7) is 2.92. The predicted octanol–water partition coefficient (Wildman–Crippen LogP) is 7.40. The van der Waals surface area contributed by atoms with Crippen LogP contribution in [0.2, 0.25) is 0 Å². The van der Waals surface area contributed by atoms with Crippen molar-refractivity contribution in [2.45, 2.75) is 69.0 Å². The van der Waals surface area contributed by atoms with Crippen molar-refractivity contribution in [2.24, 2.45) is 0 Å². The number of ether oxygens (including phenoxy) is 5. The van der Waals surface area contributed by atoms with Gasteiger partial charge in [0.15, 0.2) is 0 Å². The Hall–Kier alpha value is -4.19. The van der Waals surface area contributed by atoms with E-state index in [0.717, 1.165) is 27.8 Å². The summed E-state index contributed by atoms with van der Waals surface area (Å²) in [5.74, 6) is 0. The fraction of sp³-hybridized carbons (Fsp3) is 0.268. The molecule has 5 aromatic rings. The van der Waals surface area contributed by atoms with E-state index in [0.29, 0.717) is 6.61 Å². The molecule has 0 aromatic heterocycles. The summed E-state index contributed by atoms with van der Waals surface area (Å²) in [6.07, 6.45) is -4.71. The molecule has 0 radical (unpaired) electrons. The molecule has 5 aromatic carbocycles. The number of aryl methyl sites for hydroxylation is 1. The first-order chi connectivity index (χ1) is 24.4. The van der Waals surface area contributed by atoms with Gasteiger partial charge in [-0.05, 0) is 41.3 Å². The minimum absolute atomic E-state index is 0.00888. The molecule has 0 amide bonds. The van der Waals surface area contributed by atoms with Gasteiger partial charge in [-0.15, -0.1) is 0 Å². The number of rotatable bonds is 16. The monoisotopic (exact) mass is 694 g/mol. The molecule has 260 valence electrons. The van der Waals surface area contributed by atoms with Crippen LogP contribution in [0.25, 0.3) is 0 Å². The molecule has 0 saturated carbocycles. The molecule has 50 heavy (non-hydrogen) atoms. The maximum atomic E-state index is 13.8. The van der Waals surface area contributed by atoms with Crippen LogP contribution in [0.5, 0.6) is 0 Å². The predicted molar refractivity (Wildman–Crippen MR) is 189 cm³/mol. The maximum Gasteiger partial charge on any atom is 0.299 e. The van der Waals surface area contributed by atoms with E-state index in [4.69, 9.17) is 27.9 Å². The highest BCUT2D eigenvalue weighted by Gasteiger charge is 2.50. The molecule has 1 aliphatic rings. The third kappa shape index (κ3) is 9.95. The Labute approximate surface area is 294 Å². The second-order valence-corrected chi connectivity index (χ2v) is 13.8. The summed E-state index contributed by atoms with van der Waals surface area (Å²) in [7, 11) is -4.28. The number of hydrogen-bond donors (Lipinski definition) is 0. The number of benzene rings is 5. The summed E-state index contributed by atoms with van der Waals surface area (Å²) in [5.41, 5.74) is 4.69. The Balaban J connectivity index is 1.35. The van der Waals surface area contributed by atoms with Gasteiger partial charge in [0.1, 0.15) is 24.4 Å². The lowest BCUT2D eigenvalue weighted by Gasteiger charge is -2.45. The first-order valence-corrected chi connectivity index (χ1v) is 18.1. The van der Waals surface area contributed by atoms with E-state index in [-0.39, 0.29) is 31.3 Å². The highest BCUT2D eigenvalue weighted by atomic mass is 32.2. The fourth-order valence-corrected chi connectivity index (χ4v) is 6.70. The van der Waals surface area contributed by atoms with E-state index in [9.17, 15) is 8.42 Å². The molecule has 1 fully saturated rings. The fourth-order valence-electron chi connectivity index (χ4n) is 5.71. The Kier molecular flexibility index (Phi) is 12.6. The standard InChI is InChI=1S/C41H42O8S/c1-31-22-24-36(25-23-31)50(42,43)49-41-40(47-29-35-20-12-5-13-21-35)39(46-28-34-18-10-4-11-19-34)38(45-27-33-16-8-3-9-17-33)37(48-41)30-44-26-32-14-6-2-7-15-32/h2-25,37-41H,26-30H2,1H3/t37-,38-,39+,40-,41?/m1/s1. The lowest BCUT2D eigenvalue weighted by molar-refractivity contribution is -0.309. The minimum Gasteiger partial charge on any atom is -0.374 e. The molecule has 0 N–H and O–H groups in total. The average Bonchev–Trinajstić information content (AvgIpc) is 3.15. The van der Waals surface area contributed by atoms with Gasteiger partial charge in [0.25, 0.3) is 10.1 Å². The molecule has 9 heteroatoms. The molecule has 8 nitrogen and oxygen atoms in total. The van der Waals surface area contributed by atoms with Crippen molar-refractivity contribution in [1.82, 2.24) is 0 Å². The summed E-state index contributed by atoms with van der Waals surface area (Å²) < 4.78 is 66.0. The van der Waals surface area contributed by atoms with Gasteiger partial charge in [-0.3, -0.25) is 0 Å². The van der Waals surface area contributed by atoms with E-state index in [1.807, 2.05) is 128 Å². The van der Waals surface area contributed by atoms with Crippen molar-refractivity contribution in [1.29, 1.82) is 0 Å². The van der Waals surface area contributed by atoms with Crippen LogP contribution in [0.1, 0.15) is 27.8 Å². The van der Waals surface area contributed by atoms with Crippen LogP contribution in [0.3, 0.4) is 0 Å². The van der Waals surface area contributed by atoms with Gasteiger partial charge in [-0.2, -0.15) is 8.42 Å². The van der Waals surface area contributed by atoms with E-state index in [1.165, 1.54) is 12.1 Å². The first kappa shape index (κ1) is 35.6. The molecule has 0 aliphatic carbocycles. The maximum absolute atomic E-state index is 13.8. The van der Waals surface area contributed by atoms with Crippen molar-refractivity contribution in [3.63, 3.8) is 0 Å². The Morgan fingerprint density at radius 2 is 0.940 bits per heavy atom. The van der Waals surface area contributed by atoms with Crippen LogP contribution in [0.4, 0.5) is 0 Å².